The van der Waals surface area contributed by atoms with E-state index in [-0.39, 0.29) is 0 Å². The Hall–Kier alpha value is -2.79. The van der Waals surface area contributed by atoms with Crippen LogP contribution in [0.5, 0.6) is 11.6 Å². The largest absolute Gasteiger partial charge is 0.437 e. The second-order valence-corrected chi connectivity index (χ2v) is 6.74. The van der Waals surface area contributed by atoms with Gasteiger partial charge in [-0.25, -0.2) is 4.98 Å². The molecule has 0 aliphatic heterocycles. The first-order chi connectivity index (χ1) is 12.3. The topological polar surface area (TPSA) is 73.1 Å². The Bertz CT molecular complexity index is 949. The van der Waals surface area contributed by atoms with Crippen molar-refractivity contribution in [3.05, 3.63) is 63.9 Å². The number of rotatable bonds is 4. The van der Waals surface area contributed by atoms with Gasteiger partial charge < -0.3 is 15.8 Å². The highest BCUT2D eigenvalue weighted by Gasteiger charge is 2.13. The molecule has 3 N–H and O–H groups in total. The Balaban J connectivity index is 1.90. The zero-order valence-corrected chi connectivity index (χ0v) is 16.0. The van der Waals surface area contributed by atoms with Crippen LogP contribution in [0.25, 0.3) is 0 Å². The number of anilines is 3. The summed E-state index contributed by atoms with van der Waals surface area (Å²) in [6.45, 7) is 7.94. The fourth-order valence-electron chi connectivity index (χ4n) is 2.72. The average molecular weight is 369 g/mol. The minimum atomic E-state index is 0.299. The van der Waals surface area contributed by atoms with Crippen molar-refractivity contribution in [1.82, 2.24) is 9.97 Å². The van der Waals surface area contributed by atoms with Gasteiger partial charge >= 0.3 is 0 Å². The molecule has 0 radical (unpaired) electrons. The molecule has 1 heterocycles. The van der Waals surface area contributed by atoms with Gasteiger partial charge in [0, 0.05) is 10.7 Å². The van der Waals surface area contributed by atoms with E-state index < -0.39 is 0 Å². The van der Waals surface area contributed by atoms with Crippen LogP contribution in [0.1, 0.15) is 22.3 Å². The minimum Gasteiger partial charge on any atom is -0.437 e. The molecular formula is C20H21ClN4O. The number of aromatic nitrogens is 2. The van der Waals surface area contributed by atoms with Gasteiger partial charge in [-0.1, -0.05) is 29.3 Å². The Kier molecular flexibility index (Phi) is 5.00. The molecule has 0 spiro atoms. The van der Waals surface area contributed by atoms with Crippen LogP contribution in [-0.2, 0) is 0 Å². The Morgan fingerprint density at radius 3 is 2.31 bits per heavy atom. The van der Waals surface area contributed by atoms with Gasteiger partial charge in [0.1, 0.15) is 17.8 Å². The molecule has 6 heteroatoms. The first-order valence-electron chi connectivity index (χ1n) is 8.24. The summed E-state index contributed by atoms with van der Waals surface area (Å²) in [5.74, 6) is 1.44. The second-order valence-electron chi connectivity index (χ2n) is 6.36. The lowest BCUT2D eigenvalue weighted by atomic mass is 10.1. The van der Waals surface area contributed by atoms with Crippen molar-refractivity contribution in [3.63, 3.8) is 0 Å². The number of hydrogen-bond acceptors (Lipinski definition) is 5. The quantitative estimate of drug-likeness (QED) is 0.637. The summed E-state index contributed by atoms with van der Waals surface area (Å²) in [7, 11) is 0. The smallest absolute Gasteiger partial charge is 0.248 e. The number of nitrogens with one attached hydrogen (secondary N) is 1. The fraction of sp³-hybridized carbons (Fsp3) is 0.200. The Morgan fingerprint density at radius 1 is 0.962 bits per heavy atom. The predicted molar refractivity (Wildman–Crippen MR) is 107 cm³/mol. The number of halogens is 1. The van der Waals surface area contributed by atoms with Crippen LogP contribution >= 0.6 is 11.6 Å². The number of nitrogens with two attached hydrogens (primary N) is 1. The molecule has 26 heavy (non-hydrogen) atoms. The van der Waals surface area contributed by atoms with Crippen LogP contribution in [-0.4, -0.2) is 9.97 Å². The van der Waals surface area contributed by atoms with Crippen LogP contribution in [0.4, 0.5) is 17.2 Å². The molecule has 3 aromatic rings. The first kappa shape index (κ1) is 18.0. The molecule has 1 aromatic heterocycles. The van der Waals surface area contributed by atoms with Crippen molar-refractivity contribution in [2.45, 2.75) is 27.7 Å². The van der Waals surface area contributed by atoms with Gasteiger partial charge in [0.25, 0.3) is 0 Å². The van der Waals surface area contributed by atoms with Gasteiger partial charge in [-0.3, -0.25) is 0 Å². The minimum absolute atomic E-state index is 0.299. The molecule has 0 aliphatic carbocycles. The molecule has 2 aromatic carbocycles. The number of ether oxygens (including phenoxy) is 1. The zero-order valence-electron chi connectivity index (χ0n) is 15.2. The summed E-state index contributed by atoms with van der Waals surface area (Å²) in [5.41, 5.74) is 11.7. The molecule has 0 saturated heterocycles. The first-order valence-corrected chi connectivity index (χ1v) is 8.62. The number of benzene rings is 2. The SMILES string of the molecule is Cc1ccc(Nc2ncnc(Oc3cc(C)c(Cl)c(C)c3)c2N)c(C)c1. The summed E-state index contributed by atoms with van der Waals surface area (Å²) in [4.78, 5) is 8.40. The maximum Gasteiger partial charge on any atom is 0.248 e. The van der Waals surface area contributed by atoms with E-state index >= 15 is 0 Å². The monoisotopic (exact) mass is 368 g/mol. The lowest BCUT2D eigenvalue weighted by molar-refractivity contribution is 0.464. The van der Waals surface area contributed by atoms with E-state index in [2.05, 4.69) is 28.3 Å². The molecule has 0 fully saturated rings. The molecule has 0 saturated carbocycles. The molecule has 0 amide bonds. The summed E-state index contributed by atoms with van der Waals surface area (Å²) in [5, 5.41) is 3.98. The average Bonchev–Trinajstić information content (AvgIpc) is 2.58. The highest BCUT2D eigenvalue weighted by molar-refractivity contribution is 6.32. The number of nitrogens with zero attached hydrogens (tertiary/aromatic N) is 2. The number of aryl methyl sites for hydroxylation is 4. The molecule has 0 atom stereocenters. The Morgan fingerprint density at radius 2 is 1.65 bits per heavy atom. The molecule has 0 aliphatic rings. The summed E-state index contributed by atoms with van der Waals surface area (Å²) in [6, 6.07) is 9.83. The van der Waals surface area contributed by atoms with Crippen molar-refractivity contribution in [2.24, 2.45) is 0 Å². The predicted octanol–water partition coefficient (Wildman–Crippen LogP) is 5.48. The van der Waals surface area contributed by atoms with Crippen LogP contribution in [0.2, 0.25) is 5.02 Å². The van der Waals surface area contributed by atoms with Gasteiger partial charge in [-0.2, -0.15) is 4.98 Å². The highest BCUT2D eigenvalue weighted by Crippen LogP contribution is 2.34. The molecule has 134 valence electrons. The standard InChI is InChI=1S/C20H21ClN4O/c1-11-5-6-16(12(2)7-11)25-19-18(22)20(24-10-23-19)26-15-8-13(3)17(21)14(4)9-15/h5-10H,22H2,1-4H3,(H,23,24,25). The number of hydrogen-bond donors (Lipinski definition) is 2. The normalized spacial score (nSPS) is 10.7. The van der Waals surface area contributed by atoms with Crippen molar-refractivity contribution < 1.29 is 4.74 Å². The fourth-order valence-corrected chi connectivity index (χ4v) is 2.83. The van der Waals surface area contributed by atoms with Gasteiger partial charge in [-0.05, 0) is 62.6 Å². The van der Waals surface area contributed by atoms with Gasteiger partial charge in [0.15, 0.2) is 5.82 Å². The van der Waals surface area contributed by atoms with Crippen LogP contribution < -0.4 is 15.8 Å². The molecule has 0 bridgehead atoms. The summed E-state index contributed by atoms with van der Waals surface area (Å²) in [6.07, 6.45) is 1.42. The number of nitrogen functional groups attached to an aromatic ring is 1. The highest BCUT2D eigenvalue weighted by atomic mass is 35.5. The Labute approximate surface area is 158 Å². The molecule has 5 nitrogen and oxygen atoms in total. The van der Waals surface area contributed by atoms with Crippen molar-refractivity contribution in [2.75, 3.05) is 11.1 Å². The van der Waals surface area contributed by atoms with Crippen LogP contribution in [0.15, 0.2) is 36.7 Å². The third kappa shape index (κ3) is 3.73. The summed E-state index contributed by atoms with van der Waals surface area (Å²) < 4.78 is 5.88. The molecule has 3 rings (SSSR count). The zero-order chi connectivity index (χ0) is 18.8. The van der Waals surface area contributed by atoms with Crippen molar-refractivity contribution >= 4 is 28.8 Å². The van der Waals surface area contributed by atoms with E-state index in [1.807, 2.05) is 45.0 Å². The van der Waals surface area contributed by atoms with Crippen LogP contribution in [0, 0.1) is 27.7 Å². The van der Waals surface area contributed by atoms with Crippen LogP contribution in [0.3, 0.4) is 0 Å². The van der Waals surface area contributed by atoms with Gasteiger partial charge in [-0.15, -0.1) is 0 Å². The second kappa shape index (κ2) is 7.22. The molecule has 0 unspecified atom stereocenters. The van der Waals surface area contributed by atoms with Crippen molar-refractivity contribution in [3.8, 4) is 11.6 Å². The maximum absolute atomic E-state index is 6.23. The van der Waals surface area contributed by atoms with E-state index in [0.29, 0.717) is 23.1 Å². The van der Waals surface area contributed by atoms with E-state index in [1.165, 1.54) is 11.9 Å². The summed E-state index contributed by atoms with van der Waals surface area (Å²) >= 11 is 6.21. The maximum atomic E-state index is 6.23. The van der Waals surface area contributed by atoms with Gasteiger partial charge in [0.2, 0.25) is 5.88 Å². The van der Waals surface area contributed by atoms with E-state index in [9.17, 15) is 0 Å². The van der Waals surface area contributed by atoms with Gasteiger partial charge in [0.05, 0.1) is 0 Å². The van der Waals surface area contributed by atoms with Crippen molar-refractivity contribution in [1.29, 1.82) is 0 Å². The lowest BCUT2D eigenvalue weighted by Crippen LogP contribution is -2.04. The van der Waals surface area contributed by atoms with E-state index in [0.717, 1.165) is 27.4 Å². The van der Waals surface area contributed by atoms with E-state index in [1.54, 1.807) is 0 Å². The van der Waals surface area contributed by atoms with E-state index in [4.69, 9.17) is 22.1 Å². The third-order valence-corrected chi connectivity index (χ3v) is 4.70. The third-order valence-electron chi connectivity index (χ3n) is 4.11. The molecular weight excluding hydrogens is 348 g/mol. The lowest BCUT2D eigenvalue weighted by Gasteiger charge is -2.14.